The molecule has 0 heterocycles. The lowest BCUT2D eigenvalue weighted by atomic mass is 9.51. The van der Waals surface area contributed by atoms with Gasteiger partial charge in [-0.25, -0.2) is 0 Å². The van der Waals surface area contributed by atoms with E-state index in [1.165, 1.54) is 18.8 Å². The van der Waals surface area contributed by atoms with Gasteiger partial charge in [-0.3, -0.25) is 0 Å². The number of hydrogen-bond donors (Lipinski definition) is 0. The normalized spacial score (nSPS) is 63.5. The molecule has 4 saturated carbocycles. The molecule has 0 radical (unpaired) electrons. The Morgan fingerprint density at radius 3 is 3.20 bits per heavy atom. The third-order valence-electron chi connectivity index (χ3n) is 6.76. The zero-order valence-electron chi connectivity index (χ0n) is 9.41. The van der Waals surface area contributed by atoms with E-state index in [4.69, 9.17) is 0 Å². The maximum Gasteiger partial charge on any atom is -0.0132 e. The van der Waals surface area contributed by atoms with Gasteiger partial charge in [0.15, 0.2) is 0 Å². The highest BCUT2D eigenvalue weighted by atomic mass is 14.7. The van der Waals surface area contributed by atoms with Crippen molar-refractivity contribution in [3.8, 4) is 0 Å². The van der Waals surface area contributed by atoms with Crippen molar-refractivity contribution in [1.29, 1.82) is 0 Å². The van der Waals surface area contributed by atoms with Crippen LogP contribution in [0.15, 0.2) is 11.6 Å². The fraction of sp³-hybridized carbons (Fsp3) is 0.867. The zero-order chi connectivity index (χ0) is 9.62. The van der Waals surface area contributed by atoms with E-state index in [1.54, 1.807) is 32.1 Å². The second-order valence-electron chi connectivity index (χ2n) is 7.08. The van der Waals surface area contributed by atoms with Gasteiger partial charge in [0.25, 0.3) is 0 Å². The SMILES string of the molecule is C1=C2C3CC1CCCC14CCC(C1)C2C34. The van der Waals surface area contributed by atoms with E-state index in [9.17, 15) is 0 Å². The summed E-state index contributed by atoms with van der Waals surface area (Å²) in [5.41, 5.74) is 2.82. The molecule has 6 unspecified atom stereocenters. The van der Waals surface area contributed by atoms with Crippen LogP contribution in [0.1, 0.15) is 44.9 Å². The van der Waals surface area contributed by atoms with Crippen LogP contribution in [0.2, 0.25) is 0 Å². The molecule has 80 valence electrons. The van der Waals surface area contributed by atoms with Crippen LogP contribution in [-0.4, -0.2) is 0 Å². The first-order valence-corrected chi connectivity index (χ1v) is 7.09. The summed E-state index contributed by atoms with van der Waals surface area (Å²) in [6, 6.07) is 0. The van der Waals surface area contributed by atoms with Crippen molar-refractivity contribution in [2.45, 2.75) is 44.9 Å². The van der Waals surface area contributed by atoms with Gasteiger partial charge < -0.3 is 0 Å². The Labute approximate surface area is 92.1 Å². The van der Waals surface area contributed by atoms with Crippen LogP contribution in [0.3, 0.4) is 0 Å². The van der Waals surface area contributed by atoms with E-state index in [1.807, 2.05) is 5.57 Å². The van der Waals surface area contributed by atoms with E-state index in [-0.39, 0.29) is 0 Å². The van der Waals surface area contributed by atoms with E-state index in [0.29, 0.717) is 0 Å². The predicted octanol–water partition coefficient (Wildman–Crippen LogP) is 3.78. The van der Waals surface area contributed by atoms with Crippen LogP contribution in [0, 0.1) is 35.0 Å². The molecule has 4 bridgehead atoms. The summed E-state index contributed by atoms with van der Waals surface area (Å²) >= 11 is 0. The molecule has 0 aromatic rings. The highest BCUT2D eigenvalue weighted by Crippen LogP contribution is 2.76. The lowest BCUT2D eigenvalue weighted by molar-refractivity contribution is 0.0176. The molecule has 0 nitrogen and oxygen atoms in total. The fourth-order valence-corrected chi connectivity index (χ4v) is 6.47. The quantitative estimate of drug-likeness (QED) is 0.522. The monoisotopic (exact) mass is 200 g/mol. The predicted molar refractivity (Wildman–Crippen MR) is 60.3 cm³/mol. The van der Waals surface area contributed by atoms with Crippen LogP contribution < -0.4 is 0 Å². The van der Waals surface area contributed by atoms with Gasteiger partial charge in [0, 0.05) is 0 Å². The molecule has 6 atom stereocenters. The molecule has 0 aliphatic heterocycles. The van der Waals surface area contributed by atoms with E-state index >= 15 is 0 Å². The molecule has 5 aliphatic rings. The molecule has 0 N–H and O–H groups in total. The second-order valence-corrected chi connectivity index (χ2v) is 7.08. The summed E-state index contributed by atoms with van der Waals surface area (Å²) in [5.74, 6) is 5.51. The van der Waals surface area contributed by atoms with Gasteiger partial charge in [0.1, 0.15) is 0 Å². The van der Waals surface area contributed by atoms with Crippen molar-refractivity contribution in [1.82, 2.24) is 0 Å². The first kappa shape index (κ1) is 7.92. The first-order valence-electron chi connectivity index (χ1n) is 7.09. The molecule has 0 saturated heterocycles. The van der Waals surface area contributed by atoms with Gasteiger partial charge in [-0.15, -0.1) is 0 Å². The minimum Gasteiger partial charge on any atom is -0.0816 e. The maximum atomic E-state index is 2.73. The summed E-state index contributed by atoms with van der Waals surface area (Å²) in [5, 5.41) is 0. The smallest absolute Gasteiger partial charge is 0.0132 e. The standard InChI is InChI=1S/C15H20/c1-2-9-6-11-12(7-9)14-13(11)10-3-5-15(14,4-1)8-10/h6,9-10,12-14H,1-5,7-8H2. The minimum absolute atomic E-state index is 0.868. The van der Waals surface area contributed by atoms with Gasteiger partial charge in [-0.2, -0.15) is 0 Å². The molecular formula is C15H20. The van der Waals surface area contributed by atoms with Crippen molar-refractivity contribution >= 4 is 0 Å². The van der Waals surface area contributed by atoms with E-state index in [0.717, 1.165) is 29.1 Å². The molecule has 0 aromatic carbocycles. The van der Waals surface area contributed by atoms with Crippen molar-refractivity contribution in [2.24, 2.45) is 35.0 Å². The van der Waals surface area contributed by atoms with Crippen LogP contribution in [0.25, 0.3) is 0 Å². The van der Waals surface area contributed by atoms with E-state index in [2.05, 4.69) is 6.08 Å². The minimum atomic E-state index is 0.868. The number of rotatable bonds is 0. The van der Waals surface area contributed by atoms with E-state index < -0.39 is 0 Å². The fourth-order valence-electron chi connectivity index (χ4n) is 6.47. The Bertz CT molecular complexity index is 366. The molecular weight excluding hydrogens is 180 g/mol. The number of fused-ring (bicyclic) bond motifs is 4. The van der Waals surface area contributed by atoms with Crippen molar-refractivity contribution in [3.63, 3.8) is 0 Å². The maximum absolute atomic E-state index is 2.73. The van der Waals surface area contributed by atoms with Crippen LogP contribution in [0.5, 0.6) is 0 Å². The Balaban J connectivity index is 1.70. The average molecular weight is 200 g/mol. The Kier molecular flexibility index (Phi) is 1.17. The van der Waals surface area contributed by atoms with Gasteiger partial charge in [-0.05, 0) is 73.5 Å². The number of hydrogen-bond acceptors (Lipinski definition) is 0. The summed E-state index contributed by atoms with van der Waals surface area (Å²) < 4.78 is 0. The zero-order valence-corrected chi connectivity index (χ0v) is 9.41. The summed E-state index contributed by atoms with van der Waals surface area (Å²) in [6.07, 6.45) is 13.8. The highest BCUT2D eigenvalue weighted by Gasteiger charge is 2.67. The molecule has 5 aliphatic carbocycles. The lowest BCUT2D eigenvalue weighted by Crippen LogP contribution is -2.47. The van der Waals surface area contributed by atoms with Crippen LogP contribution in [-0.2, 0) is 0 Å². The van der Waals surface area contributed by atoms with Crippen LogP contribution in [0.4, 0.5) is 0 Å². The van der Waals surface area contributed by atoms with Gasteiger partial charge in [-0.1, -0.05) is 18.1 Å². The van der Waals surface area contributed by atoms with Gasteiger partial charge >= 0.3 is 0 Å². The van der Waals surface area contributed by atoms with Crippen molar-refractivity contribution in [2.75, 3.05) is 0 Å². The topological polar surface area (TPSA) is 0 Å². The molecule has 0 heteroatoms. The highest BCUT2D eigenvalue weighted by molar-refractivity contribution is 5.37. The van der Waals surface area contributed by atoms with Crippen molar-refractivity contribution in [3.05, 3.63) is 11.6 Å². The molecule has 0 amide bonds. The largest absolute Gasteiger partial charge is 0.0816 e. The summed E-state index contributed by atoms with van der Waals surface area (Å²) in [6.45, 7) is 0. The second kappa shape index (κ2) is 2.21. The van der Waals surface area contributed by atoms with Crippen LogP contribution >= 0.6 is 0 Å². The molecule has 4 fully saturated rings. The molecule has 5 rings (SSSR count). The lowest BCUT2D eigenvalue weighted by Gasteiger charge is -2.54. The molecule has 0 aromatic heterocycles. The first-order chi connectivity index (χ1) is 7.37. The summed E-state index contributed by atoms with van der Waals surface area (Å²) in [7, 11) is 0. The van der Waals surface area contributed by atoms with Crippen molar-refractivity contribution < 1.29 is 0 Å². The molecule has 15 heavy (non-hydrogen) atoms. The average Bonchev–Trinajstić information content (AvgIpc) is 2.81. The Hall–Kier alpha value is -0.260. The van der Waals surface area contributed by atoms with Gasteiger partial charge in [0.2, 0.25) is 0 Å². The third kappa shape index (κ3) is 0.707. The Morgan fingerprint density at radius 2 is 2.20 bits per heavy atom. The van der Waals surface area contributed by atoms with Gasteiger partial charge in [0.05, 0.1) is 0 Å². The number of allylic oxidation sites excluding steroid dienone is 2. The molecule has 1 spiro atoms. The summed E-state index contributed by atoms with van der Waals surface area (Å²) in [4.78, 5) is 0. The third-order valence-corrected chi connectivity index (χ3v) is 6.76. The Morgan fingerprint density at radius 1 is 1.20 bits per heavy atom.